The highest BCUT2D eigenvalue weighted by molar-refractivity contribution is 7.91. The average Bonchev–Trinajstić information content (AvgIpc) is 2.55. The van der Waals surface area contributed by atoms with E-state index in [2.05, 4.69) is 9.97 Å². The predicted octanol–water partition coefficient (Wildman–Crippen LogP) is 1.87. The Morgan fingerprint density at radius 1 is 1.04 bits per heavy atom. The number of sulfone groups is 1. The van der Waals surface area contributed by atoms with Crippen molar-refractivity contribution >= 4 is 26.7 Å². The fourth-order valence-electron chi connectivity index (χ4n) is 2.16. The molecule has 0 bridgehead atoms. The lowest BCUT2D eigenvalue weighted by Gasteiger charge is -2.10. The van der Waals surface area contributed by atoms with Gasteiger partial charge in [0.1, 0.15) is 5.52 Å². The lowest BCUT2D eigenvalue weighted by Crippen LogP contribution is -2.10. The molecule has 0 amide bonds. The first-order chi connectivity index (χ1) is 10.9. The van der Waals surface area contributed by atoms with Crippen molar-refractivity contribution < 1.29 is 23.4 Å². The summed E-state index contributed by atoms with van der Waals surface area (Å²) in [5.41, 5.74) is -0.889. The van der Waals surface area contributed by atoms with E-state index in [-0.39, 0.29) is 15.8 Å². The minimum atomic E-state index is -4.06. The SMILES string of the molecule is O=C(O)c1nc(S(=O)(=O)c2ccccc2)c2cccnc2c1O. The highest BCUT2D eigenvalue weighted by Gasteiger charge is 2.27. The van der Waals surface area contributed by atoms with Crippen LogP contribution in [-0.4, -0.2) is 34.6 Å². The highest BCUT2D eigenvalue weighted by Crippen LogP contribution is 2.32. The molecule has 2 aromatic heterocycles. The van der Waals surface area contributed by atoms with Gasteiger partial charge in [-0.15, -0.1) is 0 Å². The van der Waals surface area contributed by atoms with Crippen molar-refractivity contribution in [1.29, 1.82) is 0 Å². The quantitative estimate of drug-likeness (QED) is 0.752. The van der Waals surface area contributed by atoms with E-state index in [1.165, 1.54) is 30.5 Å². The molecule has 0 unspecified atom stereocenters. The van der Waals surface area contributed by atoms with Crippen LogP contribution in [0.3, 0.4) is 0 Å². The van der Waals surface area contributed by atoms with E-state index in [4.69, 9.17) is 5.11 Å². The molecule has 7 nitrogen and oxygen atoms in total. The molecule has 0 aliphatic carbocycles. The normalized spacial score (nSPS) is 11.5. The van der Waals surface area contributed by atoms with Gasteiger partial charge in [0.25, 0.3) is 0 Å². The maximum absolute atomic E-state index is 12.8. The lowest BCUT2D eigenvalue weighted by molar-refractivity contribution is 0.0686. The van der Waals surface area contributed by atoms with E-state index in [1.807, 2.05) is 0 Å². The van der Waals surface area contributed by atoms with Crippen molar-refractivity contribution in [3.63, 3.8) is 0 Å². The summed E-state index contributed by atoms with van der Waals surface area (Å²) in [5, 5.41) is 18.7. The first-order valence-corrected chi connectivity index (χ1v) is 7.92. The number of aromatic nitrogens is 2. The van der Waals surface area contributed by atoms with Gasteiger partial charge >= 0.3 is 5.97 Å². The Hall–Kier alpha value is -3.00. The van der Waals surface area contributed by atoms with Crippen molar-refractivity contribution in [2.75, 3.05) is 0 Å². The van der Waals surface area contributed by atoms with Crippen LogP contribution in [0.1, 0.15) is 10.5 Å². The third-order valence-electron chi connectivity index (χ3n) is 3.21. The largest absolute Gasteiger partial charge is 0.504 e. The number of carboxylic acids is 1. The first-order valence-electron chi connectivity index (χ1n) is 6.44. The smallest absolute Gasteiger partial charge is 0.358 e. The molecule has 1 aromatic carbocycles. The molecule has 0 fully saturated rings. The van der Waals surface area contributed by atoms with Gasteiger partial charge in [-0.2, -0.15) is 0 Å². The number of carboxylic acid groups (broad SMARTS) is 1. The summed E-state index contributed by atoms with van der Waals surface area (Å²) in [5.74, 6) is -2.21. The van der Waals surface area contributed by atoms with Gasteiger partial charge in [-0.25, -0.2) is 18.2 Å². The van der Waals surface area contributed by atoms with Crippen molar-refractivity contribution in [3.05, 3.63) is 54.4 Å². The maximum Gasteiger partial charge on any atom is 0.358 e. The molecule has 3 aromatic rings. The minimum Gasteiger partial charge on any atom is -0.504 e. The molecule has 0 saturated heterocycles. The summed E-state index contributed by atoms with van der Waals surface area (Å²) in [7, 11) is -4.06. The van der Waals surface area contributed by atoms with Crippen molar-refractivity contribution in [2.45, 2.75) is 9.92 Å². The molecule has 0 spiro atoms. The van der Waals surface area contributed by atoms with Crippen LogP contribution < -0.4 is 0 Å². The molecular weight excluding hydrogens is 320 g/mol. The topological polar surface area (TPSA) is 117 Å². The van der Waals surface area contributed by atoms with Crippen LogP contribution in [0.4, 0.5) is 0 Å². The van der Waals surface area contributed by atoms with Crippen LogP contribution in [0.5, 0.6) is 5.75 Å². The second kappa shape index (κ2) is 5.33. The van der Waals surface area contributed by atoms with E-state index in [1.54, 1.807) is 18.2 Å². The fraction of sp³-hybridized carbons (Fsp3) is 0. The van der Waals surface area contributed by atoms with Crippen LogP contribution >= 0.6 is 0 Å². The summed E-state index contributed by atoms with van der Waals surface area (Å²) in [6.07, 6.45) is 1.33. The molecular formula is C15H10N2O5S. The third kappa shape index (κ3) is 2.38. The minimum absolute atomic E-state index is 0.0281. The van der Waals surface area contributed by atoms with E-state index < -0.39 is 32.3 Å². The summed E-state index contributed by atoms with van der Waals surface area (Å²) < 4.78 is 25.5. The Morgan fingerprint density at radius 3 is 2.39 bits per heavy atom. The number of benzene rings is 1. The molecule has 0 atom stereocenters. The van der Waals surface area contributed by atoms with Gasteiger partial charge < -0.3 is 10.2 Å². The molecule has 3 rings (SSSR count). The lowest BCUT2D eigenvalue weighted by atomic mass is 10.2. The Bertz CT molecular complexity index is 1020. The zero-order chi connectivity index (χ0) is 16.6. The molecule has 116 valence electrons. The molecule has 0 aliphatic rings. The number of aromatic carboxylic acids is 1. The van der Waals surface area contributed by atoms with Gasteiger partial charge in [0.2, 0.25) is 9.84 Å². The zero-order valence-corrected chi connectivity index (χ0v) is 12.4. The average molecular weight is 330 g/mol. The van der Waals surface area contributed by atoms with Crippen LogP contribution in [-0.2, 0) is 9.84 Å². The van der Waals surface area contributed by atoms with E-state index >= 15 is 0 Å². The molecule has 2 N–H and O–H groups in total. The van der Waals surface area contributed by atoms with Gasteiger partial charge in [-0.3, -0.25) is 4.98 Å². The van der Waals surface area contributed by atoms with Crippen molar-refractivity contribution in [1.82, 2.24) is 9.97 Å². The number of hydrogen-bond acceptors (Lipinski definition) is 6. The van der Waals surface area contributed by atoms with Gasteiger partial charge in [0, 0.05) is 11.6 Å². The fourth-order valence-corrected chi connectivity index (χ4v) is 3.56. The summed E-state index contributed by atoms with van der Waals surface area (Å²) in [6, 6.07) is 10.4. The Balaban J connectivity index is 2.42. The number of aromatic hydroxyl groups is 1. The maximum atomic E-state index is 12.8. The predicted molar refractivity (Wildman–Crippen MR) is 80.1 cm³/mol. The van der Waals surface area contributed by atoms with E-state index in [9.17, 15) is 18.3 Å². The third-order valence-corrected chi connectivity index (χ3v) is 4.92. The molecule has 2 heterocycles. The number of carbonyl (C=O) groups is 1. The standard InChI is InChI=1S/C15H10N2O5S/c18-13-11-10(7-4-8-16-11)14(17-12(13)15(19)20)23(21,22)9-5-2-1-3-6-9/h1-8,18H,(H,19,20). The van der Waals surface area contributed by atoms with Gasteiger partial charge in [0.05, 0.1) is 4.90 Å². The molecule has 23 heavy (non-hydrogen) atoms. The number of hydrogen-bond donors (Lipinski definition) is 2. The molecule has 0 aliphatic heterocycles. The summed E-state index contributed by atoms with van der Waals surface area (Å²) in [6.45, 7) is 0. The highest BCUT2D eigenvalue weighted by atomic mass is 32.2. The monoisotopic (exact) mass is 330 g/mol. The summed E-state index contributed by atoms with van der Waals surface area (Å²) >= 11 is 0. The van der Waals surface area contributed by atoms with Crippen molar-refractivity contribution in [2.24, 2.45) is 0 Å². The number of rotatable bonds is 3. The number of nitrogens with zero attached hydrogens (tertiary/aromatic N) is 2. The second-order valence-corrected chi connectivity index (χ2v) is 6.50. The van der Waals surface area contributed by atoms with E-state index in [0.29, 0.717) is 0 Å². The zero-order valence-electron chi connectivity index (χ0n) is 11.5. The van der Waals surface area contributed by atoms with Crippen LogP contribution in [0.2, 0.25) is 0 Å². The van der Waals surface area contributed by atoms with Gasteiger partial charge in [-0.05, 0) is 24.3 Å². The van der Waals surface area contributed by atoms with Crippen molar-refractivity contribution in [3.8, 4) is 5.75 Å². The Kier molecular flexibility index (Phi) is 3.45. The van der Waals surface area contributed by atoms with Gasteiger partial charge in [0.15, 0.2) is 16.5 Å². The number of fused-ring (bicyclic) bond motifs is 1. The van der Waals surface area contributed by atoms with Crippen LogP contribution in [0, 0.1) is 0 Å². The van der Waals surface area contributed by atoms with Gasteiger partial charge in [-0.1, -0.05) is 18.2 Å². The Labute approximate surface area is 130 Å². The first kappa shape index (κ1) is 14.9. The summed E-state index contributed by atoms with van der Waals surface area (Å²) in [4.78, 5) is 18.8. The van der Waals surface area contributed by atoms with E-state index in [0.717, 1.165) is 0 Å². The van der Waals surface area contributed by atoms with Crippen LogP contribution in [0.15, 0.2) is 58.6 Å². The Morgan fingerprint density at radius 2 is 1.74 bits per heavy atom. The second-order valence-electron chi connectivity index (χ2n) is 4.64. The number of pyridine rings is 2. The molecule has 0 saturated carbocycles. The molecule has 0 radical (unpaired) electrons. The van der Waals surface area contributed by atoms with Crippen LogP contribution in [0.25, 0.3) is 10.9 Å². The molecule has 8 heteroatoms.